The maximum Gasteiger partial charge on any atom is 0.410 e. The predicted molar refractivity (Wildman–Crippen MR) is 79.3 cm³/mol. The smallest absolute Gasteiger partial charge is 0.410 e. The first kappa shape index (κ1) is 16.3. The van der Waals surface area contributed by atoms with E-state index in [2.05, 4.69) is 15.6 Å². The first-order valence-corrected chi connectivity index (χ1v) is 7.38. The van der Waals surface area contributed by atoms with Gasteiger partial charge in [-0.1, -0.05) is 5.21 Å². The number of hydrogen-bond donors (Lipinski definition) is 1. The summed E-state index contributed by atoms with van der Waals surface area (Å²) in [6.45, 7) is 7.50. The molecule has 1 aromatic heterocycles. The van der Waals surface area contributed by atoms with E-state index >= 15 is 0 Å². The minimum absolute atomic E-state index is 0.256. The van der Waals surface area contributed by atoms with E-state index in [1.807, 2.05) is 20.8 Å². The van der Waals surface area contributed by atoms with Gasteiger partial charge in [-0.3, -0.25) is 9.48 Å². The van der Waals surface area contributed by atoms with Crippen LogP contribution in [0.25, 0.3) is 0 Å². The molecule has 122 valence electrons. The molecule has 1 fully saturated rings. The zero-order valence-corrected chi connectivity index (χ0v) is 13.5. The molecular formula is C14H23N5O3. The molecule has 8 nitrogen and oxygen atoms in total. The second-order valence-electron chi connectivity index (χ2n) is 6.49. The first-order chi connectivity index (χ1) is 10.3. The lowest BCUT2D eigenvalue weighted by Crippen LogP contribution is -2.35. The van der Waals surface area contributed by atoms with Crippen molar-refractivity contribution in [3.63, 3.8) is 0 Å². The van der Waals surface area contributed by atoms with Crippen LogP contribution in [0.1, 0.15) is 37.7 Å². The number of ether oxygens (including phenoxy) is 1. The Morgan fingerprint density at radius 1 is 1.45 bits per heavy atom. The molecule has 1 aliphatic heterocycles. The van der Waals surface area contributed by atoms with E-state index < -0.39 is 5.60 Å². The molecule has 1 aromatic rings. The van der Waals surface area contributed by atoms with E-state index in [1.165, 1.54) is 0 Å². The summed E-state index contributed by atoms with van der Waals surface area (Å²) in [4.78, 5) is 25.2. The highest BCUT2D eigenvalue weighted by Gasteiger charge is 2.30. The molecule has 22 heavy (non-hydrogen) atoms. The number of amides is 2. The molecule has 0 unspecified atom stereocenters. The molecule has 0 spiro atoms. The van der Waals surface area contributed by atoms with Gasteiger partial charge in [0.25, 0.3) is 5.91 Å². The van der Waals surface area contributed by atoms with Crippen molar-refractivity contribution >= 4 is 12.0 Å². The number of carbonyl (C=O) groups excluding carboxylic acids is 2. The quantitative estimate of drug-likeness (QED) is 0.896. The van der Waals surface area contributed by atoms with Crippen molar-refractivity contribution in [2.75, 3.05) is 20.1 Å². The van der Waals surface area contributed by atoms with Gasteiger partial charge in [0, 0.05) is 26.7 Å². The summed E-state index contributed by atoms with van der Waals surface area (Å²) in [7, 11) is 1.55. The highest BCUT2D eigenvalue weighted by atomic mass is 16.6. The lowest BCUT2D eigenvalue weighted by atomic mass is 10.1. The van der Waals surface area contributed by atoms with Gasteiger partial charge in [-0.15, -0.1) is 5.10 Å². The molecule has 1 saturated heterocycles. The molecule has 2 amide bonds. The largest absolute Gasteiger partial charge is 0.444 e. The average molecular weight is 309 g/mol. The average Bonchev–Trinajstić information content (AvgIpc) is 3.06. The fraction of sp³-hybridized carbons (Fsp3) is 0.714. The second-order valence-corrected chi connectivity index (χ2v) is 6.49. The summed E-state index contributed by atoms with van der Waals surface area (Å²) in [5.41, 5.74) is -0.187. The van der Waals surface area contributed by atoms with Crippen LogP contribution in [-0.4, -0.2) is 57.6 Å². The minimum atomic E-state index is -0.483. The third-order valence-electron chi connectivity index (χ3n) is 3.38. The Hall–Kier alpha value is -2.12. The molecule has 8 heteroatoms. The standard InChI is InChI=1S/C14H23N5O3/c1-14(2,3)22-13(21)18-6-5-10(7-18)8-19-9-11(16-17-19)12(20)15-4/h9-10H,5-8H2,1-4H3,(H,15,20)/t10-/m1/s1. The Labute approximate surface area is 129 Å². The molecule has 2 rings (SSSR count). The van der Waals surface area contributed by atoms with Gasteiger partial charge in [0.15, 0.2) is 5.69 Å². The van der Waals surface area contributed by atoms with Crippen LogP contribution in [-0.2, 0) is 11.3 Å². The van der Waals surface area contributed by atoms with Gasteiger partial charge in [-0.05, 0) is 33.1 Å². The minimum Gasteiger partial charge on any atom is -0.444 e. The fourth-order valence-electron chi connectivity index (χ4n) is 2.36. The van der Waals surface area contributed by atoms with Crippen molar-refractivity contribution in [3.8, 4) is 0 Å². The molecule has 0 radical (unpaired) electrons. The van der Waals surface area contributed by atoms with Crippen LogP contribution in [0, 0.1) is 5.92 Å². The van der Waals surface area contributed by atoms with Crippen molar-refractivity contribution in [2.24, 2.45) is 5.92 Å². The van der Waals surface area contributed by atoms with Crippen molar-refractivity contribution in [1.82, 2.24) is 25.2 Å². The molecule has 1 aliphatic rings. The summed E-state index contributed by atoms with van der Waals surface area (Å²) in [6.07, 6.45) is 2.23. The van der Waals surface area contributed by atoms with Crippen LogP contribution in [0.4, 0.5) is 4.79 Å². The summed E-state index contributed by atoms with van der Waals surface area (Å²) in [6, 6.07) is 0. The van der Waals surface area contributed by atoms with E-state index in [4.69, 9.17) is 4.74 Å². The zero-order chi connectivity index (χ0) is 16.3. The number of carbonyl (C=O) groups is 2. The lowest BCUT2D eigenvalue weighted by molar-refractivity contribution is 0.0286. The van der Waals surface area contributed by atoms with Crippen molar-refractivity contribution < 1.29 is 14.3 Å². The second kappa shape index (κ2) is 6.33. The van der Waals surface area contributed by atoms with E-state index in [1.54, 1.807) is 22.8 Å². The van der Waals surface area contributed by atoms with Gasteiger partial charge in [-0.25, -0.2) is 4.79 Å². The summed E-state index contributed by atoms with van der Waals surface area (Å²) in [5, 5.41) is 10.3. The van der Waals surface area contributed by atoms with E-state index in [0.29, 0.717) is 25.3 Å². The lowest BCUT2D eigenvalue weighted by Gasteiger charge is -2.24. The number of rotatable bonds is 3. The third kappa shape index (κ3) is 4.19. The van der Waals surface area contributed by atoms with Gasteiger partial charge in [0.1, 0.15) is 5.60 Å². The van der Waals surface area contributed by atoms with E-state index in [0.717, 1.165) is 6.42 Å². The van der Waals surface area contributed by atoms with Crippen LogP contribution in [0.5, 0.6) is 0 Å². The monoisotopic (exact) mass is 309 g/mol. The Bertz CT molecular complexity index is 549. The predicted octanol–water partition coefficient (Wildman–Crippen LogP) is 0.895. The van der Waals surface area contributed by atoms with Gasteiger partial charge in [-0.2, -0.15) is 0 Å². The van der Waals surface area contributed by atoms with E-state index in [-0.39, 0.29) is 17.9 Å². The van der Waals surface area contributed by atoms with Gasteiger partial charge < -0.3 is 15.0 Å². The normalized spacial score (nSPS) is 18.4. The number of nitrogens with one attached hydrogen (secondary N) is 1. The van der Waals surface area contributed by atoms with Crippen molar-refractivity contribution in [3.05, 3.63) is 11.9 Å². The van der Waals surface area contributed by atoms with Gasteiger partial charge in [0.2, 0.25) is 0 Å². The molecule has 0 aliphatic carbocycles. The third-order valence-corrected chi connectivity index (χ3v) is 3.38. The van der Waals surface area contributed by atoms with Crippen molar-refractivity contribution in [1.29, 1.82) is 0 Å². The van der Waals surface area contributed by atoms with Crippen LogP contribution in [0.3, 0.4) is 0 Å². The fourth-order valence-corrected chi connectivity index (χ4v) is 2.36. The Balaban J connectivity index is 1.87. The topological polar surface area (TPSA) is 89.4 Å². The number of nitrogens with zero attached hydrogens (tertiary/aromatic N) is 4. The molecule has 0 aromatic carbocycles. The van der Waals surface area contributed by atoms with Crippen LogP contribution in [0.15, 0.2) is 6.20 Å². The van der Waals surface area contributed by atoms with Crippen LogP contribution >= 0.6 is 0 Å². The molecular weight excluding hydrogens is 286 g/mol. The van der Waals surface area contributed by atoms with Gasteiger partial charge >= 0.3 is 6.09 Å². The summed E-state index contributed by atoms with van der Waals surface area (Å²) < 4.78 is 7.02. The first-order valence-electron chi connectivity index (χ1n) is 7.38. The highest BCUT2D eigenvalue weighted by Crippen LogP contribution is 2.20. The maximum atomic E-state index is 12.0. The van der Waals surface area contributed by atoms with Gasteiger partial charge in [0.05, 0.1) is 6.20 Å². The Kier molecular flexibility index (Phi) is 4.68. The molecule has 2 heterocycles. The number of likely N-dealkylation sites (tertiary alicyclic amines) is 1. The summed E-state index contributed by atoms with van der Waals surface area (Å²) >= 11 is 0. The van der Waals surface area contributed by atoms with Crippen LogP contribution in [0.2, 0.25) is 0 Å². The molecule has 0 bridgehead atoms. The SMILES string of the molecule is CNC(=O)c1cn(C[C@@H]2CCN(C(=O)OC(C)(C)C)C2)nn1. The number of aromatic nitrogens is 3. The maximum absolute atomic E-state index is 12.0. The zero-order valence-electron chi connectivity index (χ0n) is 13.5. The molecule has 0 saturated carbocycles. The van der Waals surface area contributed by atoms with Crippen LogP contribution < -0.4 is 5.32 Å². The number of hydrogen-bond acceptors (Lipinski definition) is 5. The Morgan fingerprint density at radius 3 is 2.82 bits per heavy atom. The van der Waals surface area contributed by atoms with E-state index in [9.17, 15) is 9.59 Å². The molecule has 1 N–H and O–H groups in total. The Morgan fingerprint density at radius 2 is 2.18 bits per heavy atom. The van der Waals surface area contributed by atoms with Crippen molar-refractivity contribution in [2.45, 2.75) is 39.3 Å². The summed E-state index contributed by atoms with van der Waals surface area (Å²) in [5.74, 6) is 0.0276. The molecule has 1 atom stereocenters. The highest BCUT2D eigenvalue weighted by molar-refractivity contribution is 5.91.